The van der Waals surface area contributed by atoms with Gasteiger partial charge in [-0.2, -0.15) is 0 Å². The number of hydrogen-bond donors (Lipinski definition) is 0. The summed E-state index contributed by atoms with van der Waals surface area (Å²) < 4.78 is 12.5. The number of carbonyl (C=O) groups is 1. The molecule has 0 aromatic carbocycles. The van der Waals surface area contributed by atoms with E-state index >= 15 is 0 Å². The Bertz CT molecular complexity index is 185. The van der Waals surface area contributed by atoms with Gasteiger partial charge < -0.3 is 0 Å². The predicted octanol–water partition coefficient (Wildman–Crippen LogP) is 1.10. The lowest BCUT2D eigenvalue weighted by Crippen LogP contribution is -2.46. The minimum absolute atomic E-state index is 0.0139. The van der Waals surface area contributed by atoms with Crippen LogP contribution in [0.4, 0.5) is 4.39 Å². The maximum Gasteiger partial charge on any atom is 0.171 e. The second-order valence-electron chi connectivity index (χ2n) is 2.65. The van der Waals surface area contributed by atoms with E-state index in [-0.39, 0.29) is 17.6 Å². The minimum Gasteiger partial charge on any atom is -0.296 e. The number of alkyl halides is 1. The number of Topliss-reactive ketones (excluding diaryl/α,β-unsaturated/α-hetero) is 1. The lowest BCUT2D eigenvalue weighted by Gasteiger charge is -2.31. The number of fused-ring (bicyclic) bond motifs is 1. The molecule has 0 aromatic heterocycles. The zero-order valence-electron chi connectivity index (χ0n) is 4.88. The molecule has 0 aliphatic heterocycles. The van der Waals surface area contributed by atoms with Crippen molar-refractivity contribution >= 4 is 5.78 Å². The van der Waals surface area contributed by atoms with E-state index < -0.39 is 6.17 Å². The molecule has 0 amide bonds. The van der Waals surface area contributed by atoms with Crippen molar-refractivity contribution in [1.29, 1.82) is 0 Å². The minimum atomic E-state index is -1.17. The molecule has 2 aliphatic rings. The van der Waals surface area contributed by atoms with Crippen LogP contribution in [0.3, 0.4) is 0 Å². The van der Waals surface area contributed by atoms with Gasteiger partial charge in [-0.1, -0.05) is 12.2 Å². The highest BCUT2D eigenvalue weighted by Gasteiger charge is 2.50. The maximum atomic E-state index is 12.5. The van der Waals surface area contributed by atoms with Gasteiger partial charge >= 0.3 is 0 Å². The van der Waals surface area contributed by atoms with E-state index in [1.807, 2.05) is 12.2 Å². The zero-order chi connectivity index (χ0) is 6.43. The fourth-order valence-electron chi connectivity index (χ4n) is 1.56. The van der Waals surface area contributed by atoms with Gasteiger partial charge in [0, 0.05) is 11.8 Å². The second-order valence-corrected chi connectivity index (χ2v) is 2.65. The third-order valence-corrected chi connectivity index (χ3v) is 2.19. The normalized spacial score (nSPS) is 46.8. The largest absolute Gasteiger partial charge is 0.296 e. The molecule has 1 fully saturated rings. The molecule has 0 N–H and O–H groups in total. The van der Waals surface area contributed by atoms with E-state index in [4.69, 9.17) is 0 Å². The first-order valence-corrected chi connectivity index (χ1v) is 3.15. The first-order valence-electron chi connectivity index (χ1n) is 3.15. The molecule has 2 heteroatoms. The summed E-state index contributed by atoms with van der Waals surface area (Å²) in [5.41, 5.74) is 0. The Labute approximate surface area is 52.6 Å². The Kier molecular flexibility index (Phi) is 0.821. The molecule has 1 saturated carbocycles. The highest BCUT2D eigenvalue weighted by Crippen LogP contribution is 2.41. The van der Waals surface area contributed by atoms with Crippen LogP contribution < -0.4 is 0 Å². The molecule has 0 saturated heterocycles. The number of rotatable bonds is 0. The Morgan fingerprint density at radius 3 is 3.11 bits per heavy atom. The molecule has 1 nitrogen and oxygen atoms in total. The van der Waals surface area contributed by atoms with Crippen molar-refractivity contribution in [3.05, 3.63) is 12.2 Å². The fourth-order valence-corrected chi connectivity index (χ4v) is 1.56. The lowest BCUT2D eigenvalue weighted by atomic mass is 9.73. The average molecular weight is 126 g/mol. The summed E-state index contributed by atoms with van der Waals surface area (Å²) in [7, 11) is 0. The maximum absolute atomic E-state index is 12.5. The van der Waals surface area contributed by atoms with E-state index in [0.717, 1.165) is 6.42 Å². The lowest BCUT2D eigenvalue weighted by molar-refractivity contribution is -0.140. The fraction of sp³-hybridized carbons (Fsp3) is 0.571. The molecule has 0 bridgehead atoms. The van der Waals surface area contributed by atoms with Gasteiger partial charge in [0.05, 0.1) is 0 Å². The van der Waals surface area contributed by atoms with Crippen LogP contribution in [0.1, 0.15) is 6.42 Å². The van der Waals surface area contributed by atoms with Crippen molar-refractivity contribution in [2.45, 2.75) is 12.6 Å². The Morgan fingerprint density at radius 2 is 2.44 bits per heavy atom. The van der Waals surface area contributed by atoms with Crippen LogP contribution in [0.5, 0.6) is 0 Å². The van der Waals surface area contributed by atoms with Crippen molar-refractivity contribution in [1.82, 2.24) is 0 Å². The molecule has 0 spiro atoms. The number of ketones is 1. The first-order chi connectivity index (χ1) is 4.30. The van der Waals surface area contributed by atoms with E-state index in [0.29, 0.717) is 0 Å². The van der Waals surface area contributed by atoms with Crippen LogP contribution >= 0.6 is 0 Å². The van der Waals surface area contributed by atoms with Crippen LogP contribution in [0.2, 0.25) is 0 Å². The summed E-state index contributed by atoms with van der Waals surface area (Å²) in [5.74, 6) is -0.234. The summed E-state index contributed by atoms with van der Waals surface area (Å²) in [6.07, 6.45) is 3.31. The van der Waals surface area contributed by atoms with Gasteiger partial charge in [0.15, 0.2) is 12.0 Å². The Hall–Kier alpha value is -0.660. The summed E-state index contributed by atoms with van der Waals surface area (Å²) in [6, 6.07) is 0. The van der Waals surface area contributed by atoms with Crippen molar-refractivity contribution in [3.63, 3.8) is 0 Å². The standard InChI is InChI=1S/C7H7FO/c8-6-4-2-1-3-5(4)7(6)9/h1-2,4-6H,3H2. The molecule has 0 radical (unpaired) electrons. The van der Waals surface area contributed by atoms with Gasteiger partial charge in [-0.15, -0.1) is 0 Å². The summed E-state index contributed by atoms with van der Waals surface area (Å²) in [6.45, 7) is 0. The van der Waals surface area contributed by atoms with Crippen LogP contribution in [0, 0.1) is 11.8 Å². The number of carbonyl (C=O) groups excluding carboxylic acids is 1. The molecular weight excluding hydrogens is 119 g/mol. The topological polar surface area (TPSA) is 17.1 Å². The molecule has 0 heterocycles. The summed E-state index contributed by atoms with van der Waals surface area (Å²) >= 11 is 0. The Morgan fingerprint density at radius 1 is 1.67 bits per heavy atom. The quantitative estimate of drug-likeness (QED) is 0.444. The molecule has 2 aliphatic carbocycles. The monoisotopic (exact) mass is 126 g/mol. The highest BCUT2D eigenvalue weighted by atomic mass is 19.1. The van der Waals surface area contributed by atoms with Gasteiger partial charge in [0.2, 0.25) is 0 Å². The molecule has 2 rings (SSSR count). The zero-order valence-corrected chi connectivity index (χ0v) is 4.88. The SMILES string of the molecule is O=C1C(F)C2C=CCC12. The van der Waals surface area contributed by atoms with Crippen molar-refractivity contribution < 1.29 is 9.18 Å². The van der Waals surface area contributed by atoms with E-state index in [2.05, 4.69) is 0 Å². The smallest absolute Gasteiger partial charge is 0.171 e. The van der Waals surface area contributed by atoms with Crippen LogP contribution in [-0.4, -0.2) is 12.0 Å². The van der Waals surface area contributed by atoms with Gasteiger partial charge in [-0.3, -0.25) is 4.79 Å². The van der Waals surface area contributed by atoms with Crippen LogP contribution in [0.15, 0.2) is 12.2 Å². The van der Waals surface area contributed by atoms with Crippen molar-refractivity contribution in [2.24, 2.45) is 11.8 Å². The predicted molar refractivity (Wildman–Crippen MR) is 30.6 cm³/mol. The summed E-state index contributed by atoms with van der Waals surface area (Å²) in [5, 5.41) is 0. The molecule has 0 aromatic rings. The molecular formula is C7H7FO. The van der Waals surface area contributed by atoms with E-state index in [9.17, 15) is 9.18 Å². The number of hydrogen-bond acceptors (Lipinski definition) is 1. The molecule has 9 heavy (non-hydrogen) atoms. The van der Waals surface area contributed by atoms with E-state index in [1.54, 1.807) is 0 Å². The molecule has 3 atom stereocenters. The van der Waals surface area contributed by atoms with Crippen LogP contribution in [-0.2, 0) is 4.79 Å². The van der Waals surface area contributed by atoms with Gasteiger partial charge in [-0.05, 0) is 6.42 Å². The third kappa shape index (κ3) is 0.460. The first kappa shape index (κ1) is 5.15. The second kappa shape index (κ2) is 1.43. The number of allylic oxidation sites excluding steroid dienone is 2. The van der Waals surface area contributed by atoms with Crippen molar-refractivity contribution in [3.8, 4) is 0 Å². The summed E-state index contributed by atoms with van der Waals surface area (Å²) in [4.78, 5) is 10.6. The van der Waals surface area contributed by atoms with Gasteiger partial charge in [-0.25, -0.2) is 4.39 Å². The molecule has 48 valence electrons. The third-order valence-electron chi connectivity index (χ3n) is 2.19. The van der Waals surface area contributed by atoms with Crippen LogP contribution in [0.25, 0.3) is 0 Å². The number of halogens is 1. The highest BCUT2D eigenvalue weighted by molar-refractivity contribution is 5.93. The molecule has 3 unspecified atom stereocenters. The average Bonchev–Trinajstić information content (AvgIpc) is 2.30. The van der Waals surface area contributed by atoms with E-state index in [1.165, 1.54) is 0 Å². The Balaban J connectivity index is 2.21. The van der Waals surface area contributed by atoms with Gasteiger partial charge in [0.1, 0.15) is 0 Å². The van der Waals surface area contributed by atoms with Crippen molar-refractivity contribution in [2.75, 3.05) is 0 Å². The van der Waals surface area contributed by atoms with Gasteiger partial charge in [0.25, 0.3) is 0 Å².